The minimum atomic E-state index is -0.162. The number of hydrogen-bond donors (Lipinski definition) is 1. The summed E-state index contributed by atoms with van der Waals surface area (Å²) in [4.78, 5) is 17.2. The Labute approximate surface area is 144 Å². The number of carbonyl (C=O) groups is 1. The summed E-state index contributed by atoms with van der Waals surface area (Å²) < 4.78 is 6.65. The summed E-state index contributed by atoms with van der Waals surface area (Å²) in [7, 11) is 0. The van der Waals surface area contributed by atoms with Crippen molar-refractivity contribution in [2.24, 2.45) is 0 Å². The van der Waals surface area contributed by atoms with E-state index in [9.17, 15) is 4.79 Å². The highest BCUT2D eigenvalue weighted by Crippen LogP contribution is 2.43. The molecule has 1 saturated carbocycles. The normalized spacial score (nSPS) is 13.9. The predicted molar refractivity (Wildman–Crippen MR) is 97.2 cm³/mol. The van der Waals surface area contributed by atoms with Gasteiger partial charge in [0.2, 0.25) is 0 Å². The lowest BCUT2D eigenvalue weighted by molar-refractivity contribution is 0.102. The zero-order valence-corrected chi connectivity index (χ0v) is 14.2. The van der Waals surface area contributed by atoms with Crippen LogP contribution in [0.25, 0.3) is 10.2 Å². The first-order valence-corrected chi connectivity index (χ1v) is 9.00. The van der Waals surface area contributed by atoms with E-state index in [4.69, 9.17) is 4.74 Å². The Balaban J connectivity index is 1.58. The van der Waals surface area contributed by atoms with Gasteiger partial charge in [-0.2, -0.15) is 0 Å². The number of carbonyl (C=O) groups excluding carboxylic acids is 1. The maximum Gasteiger partial charge on any atom is 0.259 e. The fourth-order valence-electron chi connectivity index (χ4n) is 2.66. The van der Waals surface area contributed by atoms with Crippen molar-refractivity contribution in [3.05, 3.63) is 53.0 Å². The molecule has 1 aliphatic rings. The molecule has 122 valence electrons. The molecule has 0 spiro atoms. The maximum atomic E-state index is 12.6. The number of benzene rings is 2. The Hall–Kier alpha value is -2.40. The molecule has 0 bridgehead atoms. The molecule has 2 aromatic carbocycles. The molecule has 1 aliphatic carbocycles. The number of thiazole rings is 1. The van der Waals surface area contributed by atoms with Crippen LogP contribution in [0.2, 0.25) is 0 Å². The third-order valence-electron chi connectivity index (χ3n) is 4.02. The molecule has 5 heteroatoms. The van der Waals surface area contributed by atoms with Crippen molar-refractivity contribution < 1.29 is 9.53 Å². The summed E-state index contributed by atoms with van der Waals surface area (Å²) in [5, 5.41) is 4.18. The number of nitrogens with zero attached hydrogens (tertiary/aromatic N) is 1. The van der Waals surface area contributed by atoms with Crippen LogP contribution in [0.5, 0.6) is 5.75 Å². The number of nitrogens with one attached hydrogen (secondary N) is 1. The monoisotopic (exact) mass is 338 g/mol. The fraction of sp³-hybridized carbons (Fsp3) is 0.263. The van der Waals surface area contributed by atoms with Crippen LogP contribution in [0.4, 0.5) is 5.69 Å². The number of ether oxygens (including phenoxy) is 1. The van der Waals surface area contributed by atoms with Gasteiger partial charge >= 0.3 is 0 Å². The van der Waals surface area contributed by atoms with E-state index in [1.165, 1.54) is 17.8 Å². The molecule has 3 aromatic rings. The Morgan fingerprint density at radius 3 is 2.92 bits per heavy atom. The highest BCUT2D eigenvalue weighted by atomic mass is 32.1. The van der Waals surface area contributed by atoms with Crippen LogP contribution < -0.4 is 10.1 Å². The van der Waals surface area contributed by atoms with Crippen molar-refractivity contribution >= 4 is 33.1 Å². The average Bonchev–Trinajstić information content (AvgIpc) is 3.35. The van der Waals surface area contributed by atoms with E-state index in [0.29, 0.717) is 23.8 Å². The summed E-state index contributed by atoms with van der Waals surface area (Å²) in [6.45, 7) is 2.44. The van der Waals surface area contributed by atoms with Gasteiger partial charge in [0.15, 0.2) is 0 Å². The van der Waals surface area contributed by atoms with Gasteiger partial charge in [-0.3, -0.25) is 4.79 Å². The van der Waals surface area contributed by atoms with Crippen LogP contribution >= 0.6 is 11.3 Å². The lowest BCUT2D eigenvalue weighted by atomic mass is 10.2. The van der Waals surface area contributed by atoms with Gasteiger partial charge in [-0.05, 0) is 50.1 Å². The maximum absolute atomic E-state index is 12.6. The number of hydrogen-bond acceptors (Lipinski definition) is 4. The predicted octanol–water partition coefficient (Wildman–Crippen LogP) is 4.82. The molecule has 1 heterocycles. The second-order valence-corrected chi connectivity index (χ2v) is 6.95. The molecule has 0 aliphatic heterocycles. The fourth-order valence-corrected chi connectivity index (χ4v) is 3.83. The first kappa shape index (κ1) is 15.1. The van der Waals surface area contributed by atoms with Gasteiger partial charge < -0.3 is 10.1 Å². The smallest absolute Gasteiger partial charge is 0.259 e. The topological polar surface area (TPSA) is 51.2 Å². The number of rotatable bonds is 5. The Morgan fingerprint density at radius 2 is 2.12 bits per heavy atom. The van der Waals surface area contributed by atoms with E-state index < -0.39 is 0 Å². The standard InChI is InChI=1S/C19H18N2O2S/c1-2-23-16-6-4-3-5-14(16)18(22)20-13-9-10-15-17(11-13)24-19(21-15)12-7-8-12/h3-6,9-12H,2,7-8H2,1H3,(H,20,22). The zero-order valence-electron chi connectivity index (χ0n) is 13.4. The lowest BCUT2D eigenvalue weighted by Gasteiger charge is -2.10. The summed E-state index contributed by atoms with van der Waals surface area (Å²) in [6.07, 6.45) is 2.50. The SMILES string of the molecule is CCOc1ccccc1C(=O)Nc1ccc2nc(C3CC3)sc2c1. The molecule has 1 aromatic heterocycles. The molecule has 1 amide bonds. The molecule has 4 rings (SSSR count). The number of fused-ring (bicyclic) bond motifs is 1. The first-order chi connectivity index (χ1) is 11.7. The van der Waals surface area contributed by atoms with E-state index in [1.54, 1.807) is 17.4 Å². The molecule has 1 N–H and O–H groups in total. The summed E-state index contributed by atoms with van der Waals surface area (Å²) in [6, 6.07) is 13.2. The van der Waals surface area contributed by atoms with Crippen molar-refractivity contribution in [3.63, 3.8) is 0 Å². The van der Waals surface area contributed by atoms with Crippen molar-refractivity contribution in [3.8, 4) is 5.75 Å². The third-order valence-corrected chi connectivity index (χ3v) is 5.20. The number of para-hydroxylation sites is 1. The molecular weight excluding hydrogens is 320 g/mol. The Kier molecular flexibility index (Phi) is 3.94. The van der Waals surface area contributed by atoms with Crippen molar-refractivity contribution in [1.82, 2.24) is 4.98 Å². The van der Waals surface area contributed by atoms with Crippen LogP contribution in [-0.2, 0) is 0 Å². The van der Waals surface area contributed by atoms with Crippen LogP contribution in [0.3, 0.4) is 0 Å². The summed E-state index contributed by atoms with van der Waals surface area (Å²) in [5.74, 6) is 1.09. The first-order valence-electron chi connectivity index (χ1n) is 8.18. The third kappa shape index (κ3) is 2.99. The van der Waals surface area contributed by atoms with Crippen LogP contribution in [0.15, 0.2) is 42.5 Å². The summed E-state index contributed by atoms with van der Waals surface area (Å²) in [5.41, 5.74) is 2.34. The molecule has 4 nitrogen and oxygen atoms in total. The van der Waals surface area contributed by atoms with E-state index in [0.717, 1.165) is 15.9 Å². The highest BCUT2D eigenvalue weighted by Gasteiger charge is 2.27. The second-order valence-electron chi connectivity index (χ2n) is 5.89. The second kappa shape index (κ2) is 6.24. The van der Waals surface area contributed by atoms with Gasteiger partial charge in [0.05, 0.1) is 27.4 Å². The molecule has 0 saturated heterocycles. The zero-order chi connectivity index (χ0) is 16.5. The van der Waals surface area contributed by atoms with Crippen LogP contribution in [0.1, 0.15) is 41.0 Å². The lowest BCUT2D eigenvalue weighted by Crippen LogP contribution is -2.13. The van der Waals surface area contributed by atoms with Crippen molar-refractivity contribution in [2.75, 3.05) is 11.9 Å². The average molecular weight is 338 g/mol. The van der Waals surface area contributed by atoms with E-state index in [1.807, 2.05) is 43.3 Å². The van der Waals surface area contributed by atoms with E-state index in [-0.39, 0.29) is 5.91 Å². The molecule has 0 unspecified atom stereocenters. The van der Waals surface area contributed by atoms with E-state index in [2.05, 4.69) is 10.3 Å². The van der Waals surface area contributed by atoms with Gasteiger partial charge in [-0.1, -0.05) is 12.1 Å². The van der Waals surface area contributed by atoms with Crippen molar-refractivity contribution in [1.29, 1.82) is 0 Å². The highest BCUT2D eigenvalue weighted by molar-refractivity contribution is 7.18. The minimum absolute atomic E-state index is 0.162. The Morgan fingerprint density at radius 1 is 1.29 bits per heavy atom. The number of aromatic nitrogens is 1. The molecule has 0 atom stereocenters. The van der Waals surface area contributed by atoms with E-state index >= 15 is 0 Å². The number of amides is 1. The van der Waals surface area contributed by atoms with Gasteiger partial charge in [0, 0.05) is 11.6 Å². The van der Waals surface area contributed by atoms with Gasteiger partial charge in [0.1, 0.15) is 5.75 Å². The van der Waals surface area contributed by atoms with Gasteiger partial charge in [-0.25, -0.2) is 4.98 Å². The minimum Gasteiger partial charge on any atom is -0.493 e. The Bertz CT molecular complexity index is 899. The quantitative estimate of drug-likeness (QED) is 0.725. The molecule has 24 heavy (non-hydrogen) atoms. The van der Waals surface area contributed by atoms with Crippen molar-refractivity contribution in [2.45, 2.75) is 25.7 Å². The summed E-state index contributed by atoms with van der Waals surface area (Å²) >= 11 is 1.73. The largest absolute Gasteiger partial charge is 0.493 e. The van der Waals surface area contributed by atoms with Crippen LogP contribution in [-0.4, -0.2) is 17.5 Å². The molecule has 0 radical (unpaired) electrons. The molecule has 1 fully saturated rings. The van der Waals surface area contributed by atoms with Gasteiger partial charge in [-0.15, -0.1) is 11.3 Å². The van der Waals surface area contributed by atoms with Gasteiger partial charge in [0.25, 0.3) is 5.91 Å². The number of anilines is 1. The van der Waals surface area contributed by atoms with Crippen LogP contribution in [0, 0.1) is 0 Å². The molecular formula is C19H18N2O2S.